The van der Waals surface area contributed by atoms with Gasteiger partial charge in [0, 0.05) is 11.5 Å². The molecule has 1 nitrogen and oxygen atoms in total. The summed E-state index contributed by atoms with van der Waals surface area (Å²) in [7, 11) is 2.12. The number of hydrogen-bond acceptors (Lipinski definition) is 0. The van der Waals surface area contributed by atoms with Crippen molar-refractivity contribution in [2.24, 2.45) is 5.92 Å². The summed E-state index contributed by atoms with van der Waals surface area (Å²) in [6.45, 7) is 5.39. The van der Waals surface area contributed by atoms with Crippen LogP contribution in [0.5, 0.6) is 0 Å². The Bertz CT molecular complexity index is 272. The first kappa shape index (κ1) is 9.97. The van der Waals surface area contributed by atoms with Crippen LogP contribution >= 0.6 is 0 Å². The molecule has 0 saturated carbocycles. The smallest absolute Gasteiger partial charge is 0.167 e. The van der Waals surface area contributed by atoms with Crippen LogP contribution in [0.1, 0.15) is 19.4 Å². The Hall–Kier alpha value is -1.11. The molecule has 0 aliphatic heterocycles. The van der Waals surface area contributed by atoms with Crippen LogP contribution in [0.4, 0.5) is 0 Å². The molecule has 0 saturated heterocycles. The summed E-state index contributed by atoms with van der Waals surface area (Å²) in [6, 6.07) is 10.5. The van der Waals surface area contributed by atoms with Crippen molar-refractivity contribution in [3.63, 3.8) is 0 Å². The maximum Gasteiger partial charge on any atom is 0.167 e. The molecule has 0 aliphatic carbocycles. The first-order valence-electron chi connectivity index (χ1n) is 4.77. The van der Waals surface area contributed by atoms with Gasteiger partial charge in [0.05, 0.1) is 0 Å². The van der Waals surface area contributed by atoms with Gasteiger partial charge in [0.25, 0.3) is 0 Å². The molecule has 1 rings (SSSR count). The van der Waals surface area contributed by atoms with E-state index in [0.29, 0.717) is 5.92 Å². The van der Waals surface area contributed by atoms with Crippen LogP contribution in [0.3, 0.4) is 0 Å². The average Bonchev–Trinajstić information content (AvgIpc) is 2.04. The molecule has 0 N–H and O–H groups in total. The van der Waals surface area contributed by atoms with Crippen molar-refractivity contribution in [3.8, 4) is 0 Å². The monoisotopic (exact) mass is 176 g/mol. The zero-order chi connectivity index (χ0) is 9.68. The van der Waals surface area contributed by atoms with Gasteiger partial charge in [0.15, 0.2) is 6.54 Å². The summed E-state index contributed by atoms with van der Waals surface area (Å²) in [6.07, 6.45) is 2.24. The summed E-state index contributed by atoms with van der Waals surface area (Å²) in [5.74, 6) is 0.619. The normalized spacial score (nSPS) is 12.2. The van der Waals surface area contributed by atoms with Gasteiger partial charge >= 0.3 is 0 Å². The van der Waals surface area contributed by atoms with Gasteiger partial charge in [-0.2, -0.15) is 0 Å². The summed E-state index contributed by atoms with van der Waals surface area (Å²) in [5, 5.41) is 0. The molecule has 0 heterocycles. The van der Waals surface area contributed by atoms with Crippen molar-refractivity contribution >= 4 is 6.21 Å². The fourth-order valence-corrected chi connectivity index (χ4v) is 1.43. The first-order valence-corrected chi connectivity index (χ1v) is 4.77. The van der Waals surface area contributed by atoms with Crippen molar-refractivity contribution < 1.29 is 4.58 Å². The second kappa shape index (κ2) is 4.80. The van der Waals surface area contributed by atoms with Crippen LogP contribution in [0.25, 0.3) is 0 Å². The predicted molar refractivity (Wildman–Crippen MR) is 57.2 cm³/mol. The third kappa shape index (κ3) is 3.88. The third-order valence-electron chi connectivity index (χ3n) is 1.83. The Balaban J connectivity index is 2.60. The summed E-state index contributed by atoms with van der Waals surface area (Å²) >= 11 is 0. The summed E-state index contributed by atoms with van der Waals surface area (Å²) < 4.78 is 2.24. The van der Waals surface area contributed by atoms with Crippen molar-refractivity contribution in [1.82, 2.24) is 0 Å². The molecule has 0 unspecified atom stereocenters. The van der Waals surface area contributed by atoms with Gasteiger partial charge in [-0.3, -0.25) is 0 Å². The molecule has 0 amide bonds. The number of rotatable bonds is 3. The highest BCUT2D eigenvalue weighted by molar-refractivity contribution is 5.53. The van der Waals surface area contributed by atoms with Crippen molar-refractivity contribution in [3.05, 3.63) is 35.9 Å². The Morgan fingerprint density at radius 3 is 2.38 bits per heavy atom. The Morgan fingerprint density at radius 2 is 1.85 bits per heavy atom. The lowest BCUT2D eigenvalue weighted by Gasteiger charge is -1.99. The average molecular weight is 176 g/mol. The Morgan fingerprint density at radius 1 is 1.23 bits per heavy atom. The van der Waals surface area contributed by atoms with Gasteiger partial charge in [-0.15, -0.1) is 0 Å². The Kier molecular flexibility index (Phi) is 3.69. The fourth-order valence-electron chi connectivity index (χ4n) is 1.43. The Labute approximate surface area is 80.7 Å². The van der Waals surface area contributed by atoms with E-state index in [9.17, 15) is 0 Å². The minimum absolute atomic E-state index is 0.619. The molecule has 0 aromatic heterocycles. The van der Waals surface area contributed by atoms with Gasteiger partial charge in [0.2, 0.25) is 0 Å². The molecule has 0 aliphatic rings. The topological polar surface area (TPSA) is 3.01 Å². The molecule has 0 spiro atoms. The molecule has 1 aromatic carbocycles. The van der Waals surface area contributed by atoms with Gasteiger partial charge < -0.3 is 0 Å². The highest BCUT2D eigenvalue weighted by atomic mass is 14.9. The molecule has 0 bridgehead atoms. The third-order valence-corrected chi connectivity index (χ3v) is 1.83. The van der Waals surface area contributed by atoms with Gasteiger partial charge in [-0.25, -0.2) is 4.58 Å². The van der Waals surface area contributed by atoms with E-state index in [1.807, 2.05) is 0 Å². The van der Waals surface area contributed by atoms with E-state index in [1.165, 1.54) is 5.56 Å². The first-order chi connectivity index (χ1) is 6.18. The van der Waals surface area contributed by atoms with Crippen LogP contribution in [0.15, 0.2) is 30.3 Å². The minimum Gasteiger partial charge on any atom is -0.238 e. The predicted octanol–water partition coefficient (Wildman–Crippen LogP) is 2.56. The number of hydrogen-bond donors (Lipinski definition) is 0. The second-order valence-electron chi connectivity index (χ2n) is 3.79. The molecule has 70 valence electrons. The highest BCUT2D eigenvalue weighted by Gasteiger charge is 2.00. The molecule has 1 aromatic rings. The van der Waals surface area contributed by atoms with Gasteiger partial charge in [-0.05, 0) is 0 Å². The van der Waals surface area contributed by atoms with E-state index < -0.39 is 0 Å². The van der Waals surface area contributed by atoms with E-state index >= 15 is 0 Å². The molecular weight excluding hydrogens is 158 g/mol. The fraction of sp³-hybridized carbons (Fsp3) is 0.417. The lowest BCUT2D eigenvalue weighted by atomic mass is 10.2. The zero-order valence-electron chi connectivity index (χ0n) is 8.70. The summed E-state index contributed by atoms with van der Waals surface area (Å²) in [5.41, 5.74) is 1.36. The molecule has 1 heteroatoms. The maximum absolute atomic E-state index is 2.24. The largest absolute Gasteiger partial charge is 0.238 e. The van der Waals surface area contributed by atoms with E-state index in [4.69, 9.17) is 0 Å². The van der Waals surface area contributed by atoms with Crippen LogP contribution in [-0.2, 0) is 6.54 Å². The molecule has 0 fully saturated rings. The van der Waals surface area contributed by atoms with E-state index in [1.54, 1.807) is 0 Å². The van der Waals surface area contributed by atoms with Crippen LogP contribution < -0.4 is 0 Å². The zero-order valence-corrected chi connectivity index (χ0v) is 8.70. The molecule has 0 atom stereocenters. The van der Waals surface area contributed by atoms with Crippen LogP contribution in [0.2, 0.25) is 0 Å². The maximum atomic E-state index is 2.24. The van der Waals surface area contributed by atoms with E-state index in [0.717, 1.165) is 6.54 Å². The SMILES string of the molecule is CC(C)C=[N+](C)Cc1ccccc1. The quantitative estimate of drug-likeness (QED) is 0.492. The lowest BCUT2D eigenvalue weighted by Crippen LogP contribution is -2.10. The minimum atomic E-state index is 0.619. The van der Waals surface area contributed by atoms with Crippen LogP contribution in [-0.4, -0.2) is 17.8 Å². The molecule has 0 radical (unpaired) electrons. The lowest BCUT2D eigenvalue weighted by molar-refractivity contribution is -0.511. The van der Waals surface area contributed by atoms with Crippen molar-refractivity contribution in [2.45, 2.75) is 20.4 Å². The van der Waals surface area contributed by atoms with Gasteiger partial charge in [-0.1, -0.05) is 44.2 Å². The van der Waals surface area contributed by atoms with E-state index in [2.05, 4.69) is 62.0 Å². The van der Waals surface area contributed by atoms with E-state index in [-0.39, 0.29) is 0 Å². The number of benzene rings is 1. The van der Waals surface area contributed by atoms with Crippen LogP contribution in [0, 0.1) is 5.92 Å². The second-order valence-corrected chi connectivity index (χ2v) is 3.79. The van der Waals surface area contributed by atoms with Crippen molar-refractivity contribution in [2.75, 3.05) is 7.05 Å². The molecule has 13 heavy (non-hydrogen) atoms. The highest BCUT2D eigenvalue weighted by Crippen LogP contribution is 1.99. The van der Waals surface area contributed by atoms with Crippen molar-refractivity contribution in [1.29, 1.82) is 0 Å². The van der Waals surface area contributed by atoms with Gasteiger partial charge in [0.1, 0.15) is 13.3 Å². The summed E-state index contributed by atoms with van der Waals surface area (Å²) in [4.78, 5) is 0. The molecular formula is C12H18N+. The standard InChI is InChI=1S/C12H18N/c1-11(2)9-13(3)10-12-7-5-4-6-8-12/h4-9,11H,10H2,1-3H3/q+1. The number of nitrogens with zero attached hydrogens (tertiary/aromatic N) is 1.